The first-order valence-electron chi connectivity index (χ1n) is 7.93. The minimum Gasteiger partial charge on any atom is -0.481 e. The standard InChI is InChI=1S/C18H18N4O2/c1-23-18-15-11-22(8-7-16(15)19-12-20-18)10-14-9-17(21-24-14)13-5-3-2-4-6-13/h2-6,9,12H,7-8,10-11H2,1H3. The summed E-state index contributed by atoms with van der Waals surface area (Å²) in [6.07, 6.45) is 2.45. The Balaban J connectivity index is 1.50. The van der Waals surface area contributed by atoms with Crippen molar-refractivity contribution in [3.63, 3.8) is 0 Å². The Bertz CT molecular complexity index is 818. The largest absolute Gasteiger partial charge is 0.481 e. The van der Waals surface area contributed by atoms with Crippen molar-refractivity contribution < 1.29 is 9.26 Å². The summed E-state index contributed by atoms with van der Waals surface area (Å²) >= 11 is 0. The van der Waals surface area contributed by atoms with Crippen LogP contribution in [-0.2, 0) is 19.5 Å². The number of fused-ring (bicyclic) bond motifs is 1. The van der Waals surface area contributed by atoms with Crippen molar-refractivity contribution in [3.8, 4) is 17.1 Å². The van der Waals surface area contributed by atoms with Crippen LogP contribution in [0.5, 0.6) is 5.88 Å². The number of benzene rings is 1. The number of nitrogens with zero attached hydrogens (tertiary/aromatic N) is 4. The van der Waals surface area contributed by atoms with Crippen LogP contribution in [0.15, 0.2) is 47.2 Å². The van der Waals surface area contributed by atoms with Crippen LogP contribution in [0.4, 0.5) is 0 Å². The van der Waals surface area contributed by atoms with E-state index in [-0.39, 0.29) is 0 Å². The molecule has 4 rings (SSSR count). The lowest BCUT2D eigenvalue weighted by Gasteiger charge is -2.27. The molecular formula is C18H18N4O2. The zero-order chi connectivity index (χ0) is 16.4. The summed E-state index contributed by atoms with van der Waals surface area (Å²) in [6, 6.07) is 12.0. The predicted molar refractivity (Wildman–Crippen MR) is 88.3 cm³/mol. The van der Waals surface area contributed by atoms with Gasteiger partial charge in [0.15, 0.2) is 5.76 Å². The molecule has 0 bridgehead atoms. The van der Waals surface area contributed by atoms with Crippen molar-refractivity contribution in [2.45, 2.75) is 19.5 Å². The van der Waals surface area contributed by atoms with Crippen LogP contribution in [0.25, 0.3) is 11.3 Å². The van der Waals surface area contributed by atoms with E-state index in [2.05, 4.69) is 20.0 Å². The van der Waals surface area contributed by atoms with Crippen molar-refractivity contribution in [1.82, 2.24) is 20.0 Å². The average Bonchev–Trinajstić information content (AvgIpc) is 3.10. The lowest BCUT2D eigenvalue weighted by atomic mass is 10.1. The second-order valence-corrected chi connectivity index (χ2v) is 5.81. The quantitative estimate of drug-likeness (QED) is 0.736. The van der Waals surface area contributed by atoms with Gasteiger partial charge in [0, 0.05) is 36.7 Å². The topological polar surface area (TPSA) is 64.3 Å². The zero-order valence-electron chi connectivity index (χ0n) is 13.5. The molecule has 2 aromatic heterocycles. The van der Waals surface area contributed by atoms with Crippen molar-refractivity contribution >= 4 is 0 Å². The third-order valence-electron chi connectivity index (χ3n) is 4.24. The van der Waals surface area contributed by atoms with Gasteiger partial charge in [0.25, 0.3) is 0 Å². The fraction of sp³-hybridized carbons (Fsp3) is 0.278. The lowest BCUT2D eigenvalue weighted by molar-refractivity contribution is 0.208. The van der Waals surface area contributed by atoms with Crippen LogP contribution in [0, 0.1) is 0 Å². The summed E-state index contributed by atoms with van der Waals surface area (Å²) in [4.78, 5) is 10.9. The number of ether oxygens (including phenoxy) is 1. The van der Waals surface area contributed by atoms with E-state index in [0.717, 1.165) is 47.8 Å². The number of aromatic nitrogens is 3. The van der Waals surface area contributed by atoms with Gasteiger partial charge in [-0.15, -0.1) is 0 Å². The van der Waals surface area contributed by atoms with Crippen molar-refractivity contribution in [1.29, 1.82) is 0 Å². The Morgan fingerprint density at radius 3 is 2.92 bits per heavy atom. The molecule has 3 aromatic rings. The maximum atomic E-state index is 5.51. The van der Waals surface area contributed by atoms with E-state index in [1.54, 1.807) is 13.4 Å². The monoisotopic (exact) mass is 322 g/mol. The van der Waals surface area contributed by atoms with E-state index in [4.69, 9.17) is 9.26 Å². The van der Waals surface area contributed by atoms with Crippen LogP contribution < -0.4 is 4.74 Å². The molecule has 0 aliphatic carbocycles. The van der Waals surface area contributed by atoms with Gasteiger partial charge >= 0.3 is 0 Å². The van der Waals surface area contributed by atoms with Gasteiger partial charge in [-0.2, -0.15) is 0 Å². The van der Waals surface area contributed by atoms with Crippen LogP contribution in [-0.4, -0.2) is 33.7 Å². The molecule has 122 valence electrons. The third-order valence-corrected chi connectivity index (χ3v) is 4.24. The maximum Gasteiger partial charge on any atom is 0.220 e. The first kappa shape index (κ1) is 14.8. The summed E-state index contributed by atoms with van der Waals surface area (Å²) in [7, 11) is 1.64. The molecule has 0 saturated heterocycles. The van der Waals surface area contributed by atoms with Gasteiger partial charge in [-0.1, -0.05) is 35.5 Å². The Labute approximate surface area is 140 Å². The van der Waals surface area contributed by atoms with E-state index in [0.29, 0.717) is 12.4 Å². The molecular weight excluding hydrogens is 304 g/mol. The summed E-state index contributed by atoms with van der Waals surface area (Å²) in [5.74, 6) is 1.51. The fourth-order valence-corrected chi connectivity index (χ4v) is 3.03. The van der Waals surface area contributed by atoms with Crippen LogP contribution in [0.1, 0.15) is 17.0 Å². The van der Waals surface area contributed by atoms with Crippen LogP contribution in [0.2, 0.25) is 0 Å². The van der Waals surface area contributed by atoms with Crippen LogP contribution >= 0.6 is 0 Å². The second-order valence-electron chi connectivity index (χ2n) is 5.81. The molecule has 3 heterocycles. The van der Waals surface area contributed by atoms with E-state index in [1.807, 2.05) is 36.4 Å². The summed E-state index contributed by atoms with van der Waals surface area (Å²) in [5, 5.41) is 4.18. The van der Waals surface area contributed by atoms with E-state index in [1.165, 1.54) is 0 Å². The molecule has 24 heavy (non-hydrogen) atoms. The molecule has 0 radical (unpaired) electrons. The molecule has 6 nitrogen and oxygen atoms in total. The van der Waals surface area contributed by atoms with Crippen molar-refractivity contribution in [3.05, 3.63) is 59.7 Å². The number of rotatable bonds is 4. The highest BCUT2D eigenvalue weighted by Gasteiger charge is 2.22. The van der Waals surface area contributed by atoms with Gasteiger partial charge in [-0.05, 0) is 0 Å². The number of hydrogen-bond acceptors (Lipinski definition) is 6. The molecule has 1 aromatic carbocycles. The summed E-state index contributed by atoms with van der Waals surface area (Å²) in [6.45, 7) is 2.38. The average molecular weight is 322 g/mol. The molecule has 1 aliphatic heterocycles. The summed E-state index contributed by atoms with van der Waals surface area (Å²) in [5.41, 5.74) is 4.06. The molecule has 1 aliphatic rings. The van der Waals surface area contributed by atoms with Gasteiger partial charge < -0.3 is 9.26 Å². The smallest absolute Gasteiger partial charge is 0.220 e. The molecule has 0 amide bonds. The van der Waals surface area contributed by atoms with Crippen molar-refractivity contribution in [2.75, 3.05) is 13.7 Å². The zero-order valence-corrected chi connectivity index (χ0v) is 13.5. The molecule has 0 saturated carbocycles. The maximum absolute atomic E-state index is 5.51. The van der Waals surface area contributed by atoms with Gasteiger partial charge in [0.05, 0.1) is 19.3 Å². The number of hydrogen-bond donors (Lipinski definition) is 0. The Kier molecular flexibility index (Phi) is 3.96. The van der Waals surface area contributed by atoms with Crippen LogP contribution in [0.3, 0.4) is 0 Å². The SMILES string of the molecule is COc1ncnc2c1CN(Cc1cc(-c3ccccc3)no1)CC2. The minimum atomic E-state index is 0.659. The highest BCUT2D eigenvalue weighted by atomic mass is 16.5. The highest BCUT2D eigenvalue weighted by molar-refractivity contribution is 5.58. The van der Waals surface area contributed by atoms with E-state index < -0.39 is 0 Å². The summed E-state index contributed by atoms with van der Waals surface area (Å²) < 4.78 is 10.9. The normalized spacial score (nSPS) is 14.4. The number of methoxy groups -OCH3 is 1. The minimum absolute atomic E-state index is 0.659. The van der Waals surface area contributed by atoms with Gasteiger partial charge in [-0.3, -0.25) is 4.90 Å². The van der Waals surface area contributed by atoms with Gasteiger partial charge in [0.1, 0.15) is 12.0 Å². The second kappa shape index (κ2) is 6.41. The highest BCUT2D eigenvalue weighted by Crippen LogP contribution is 2.26. The molecule has 0 unspecified atom stereocenters. The Morgan fingerprint density at radius 1 is 1.21 bits per heavy atom. The fourth-order valence-electron chi connectivity index (χ4n) is 3.03. The lowest BCUT2D eigenvalue weighted by Crippen LogP contribution is -2.31. The van der Waals surface area contributed by atoms with E-state index in [9.17, 15) is 0 Å². The van der Waals surface area contributed by atoms with Gasteiger partial charge in [0.2, 0.25) is 5.88 Å². The molecule has 6 heteroatoms. The third kappa shape index (κ3) is 2.88. The Hall–Kier alpha value is -2.73. The van der Waals surface area contributed by atoms with E-state index >= 15 is 0 Å². The van der Waals surface area contributed by atoms with Crippen molar-refractivity contribution in [2.24, 2.45) is 0 Å². The molecule has 0 spiro atoms. The van der Waals surface area contributed by atoms with Gasteiger partial charge in [-0.25, -0.2) is 9.97 Å². The predicted octanol–water partition coefficient (Wildman–Crippen LogP) is 2.70. The first-order valence-corrected chi connectivity index (χ1v) is 7.93. The molecule has 0 fully saturated rings. The Morgan fingerprint density at radius 2 is 2.08 bits per heavy atom. The first-order chi connectivity index (χ1) is 11.8. The molecule has 0 N–H and O–H groups in total. The molecule has 0 atom stereocenters.